The third-order valence-corrected chi connectivity index (χ3v) is 0.500. The van der Waals surface area contributed by atoms with Crippen LogP contribution in [0, 0.1) is 0 Å². The number of hydrogen-bond donors (Lipinski definition) is 0. The van der Waals surface area contributed by atoms with Gasteiger partial charge in [0.25, 0.3) is 0 Å². The molecule has 0 saturated heterocycles. The second-order valence-electron chi connectivity index (χ2n) is 1.09. The van der Waals surface area contributed by atoms with Crippen molar-refractivity contribution in [3.8, 4) is 0 Å². The largest absolute Gasteiger partial charge is 0.373 e. The summed E-state index contributed by atoms with van der Waals surface area (Å²) in [5.74, 6) is 0. The van der Waals surface area contributed by atoms with Gasteiger partial charge in [-0.15, -0.1) is 0 Å². The smallest absolute Gasteiger partial charge is 0.187 e. The van der Waals surface area contributed by atoms with E-state index >= 15 is 0 Å². The molecule has 0 rings (SSSR count). The SMILES string of the molecule is CCCC.[AlH3].[N-]=[N+]=[N-]. The summed E-state index contributed by atoms with van der Waals surface area (Å²) in [5, 5.41) is 0. The molecule has 0 aromatic rings. The van der Waals surface area contributed by atoms with E-state index in [2.05, 4.69) is 13.8 Å². The normalized spacial score (nSPS) is 4.75. The zero-order chi connectivity index (χ0) is 6.12. The fourth-order valence-corrected chi connectivity index (χ4v) is 0. The maximum absolute atomic E-state index is 6.75. The molecule has 0 atom stereocenters. The number of rotatable bonds is 1. The van der Waals surface area contributed by atoms with Gasteiger partial charge in [0.2, 0.25) is 0 Å². The van der Waals surface area contributed by atoms with Crippen LogP contribution in [0.4, 0.5) is 0 Å². The van der Waals surface area contributed by atoms with E-state index in [4.69, 9.17) is 11.1 Å². The number of hydrogen-bond acceptors (Lipinski definition) is 0. The van der Waals surface area contributed by atoms with Gasteiger partial charge in [0.15, 0.2) is 17.4 Å². The Bertz CT molecular complexity index is 47.2. The molecule has 0 spiro atoms. The van der Waals surface area contributed by atoms with E-state index in [0.717, 1.165) is 0 Å². The lowest BCUT2D eigenvalue weighted by molar-refractivity contribution is 0.886. The molecule has 48 valence electrons. The molecular formula is C4H13AlN3-. The lowest BCUT2D eigenvalue weighted by atomic mass is 10.4. The Morgan fingerprint density at radius 2 is 1.25 bits per heavy atom. The highest BCUT2D eigenvalue weighted by atomic mass is 27.0. The standard InChI is InChI=1S/C4H10.Al.N3.3H/c1-3-4-2;;1-3-2;;;/h3-4H2,1-2H3;;;;;/q;;-1;;;. The molecule has 0 heterocycles. The molecule has 0 bridgehead atoms. The minimum atomic E-state index is 0. The average Bonchev–Trinajstić information content (AvgIpc) is 1.69. The van der Waals surface area contributed by atoms with Crippen LogP contribution in [0.15, 0.2) is 0 Å². The Balaban J connectivity index is -0.0000000575. The molecule has 4 heteroatoms. The Morgan fingerprint density at radius 1 is 1.12 bits per heavy atom. The molecule has 0 radical (unpaired) electrons. The van der Waals surface area contributed by atoms with Crippen molar-refractivity contribution in [1.82, 2.24) is 0 Å². The zero-order valence-corrected chi connectivity index (χ0v) is 4.76. The monoisotopic (exact) mass is 130 g/mol. The van der Waals surface area contributed by atoms with E-state index in [1.54, 1.807) is 0 Å². The fourth-order valence-electron chi connectivity index (χ4n) is 0. The van der Waals surface area contributed by atoms with Crippen molar-refractivity contribution in [2.75, 3.05) is 0 Å². The second-order valence-corrected chi connectivity index (χ2v) is 1.09. The Labute approximate surface area is 60.6 Å². The second kappa shape index (κ2) is 28.9. The van der Waals surface area contributed by atoms with Crippen molar-refractivity contribution in [1.29, 1.82) is 0 Å². The van der Waals surface area contributed by atoms with Crippen LogP contribution >= 0.6 is 0 Å². The van der Waals surface area contributed by atoms with Gasteiger partial charge < -0.3 is 11.1 Å². The van der Waals surface area contributed by atoms with Crippen molar-refractivity contribution >= 4 is 17.4 Å². The molecule has 0 fully saturated rings. The first-order valence-corrected chi connectivity index (χ1v) is 2.31. The van der Waals surface area contributed by atoms with Crippen LogP contribution in [0.5, 0.6) is 0 Å². The Morgan fingerprint density at radius 3 is 1.25 bits per heavy atom. The molecule has 3 nitrogen and oxygen atoms in total. The summed E-state index contributed by atoms with van der Waals surface area (Å²) >= 11 is 0. The van der Waals surface area contributed by atoms with Crippen LogP contribution in [0.25, 0.3) is 16.0 Å². The Kier molecular flexibility index (Phi) is 56.6. The van der Waals surface area contributed by atoms with Crippen LogP contribution in [0.1, 0.15) is 26.7 Å². The summed E-state index contributed by atoms with van der Waals surface area (Å²) in [6.45, 7) is 4.36. The van der Waals surface area contributed by atoms with Gasteiger partial charge in [0, 0.05) is 0 Å². The maximum atomic E-state index is 6.75. The van der Waals surface area contributed by atoms with Crippen molar-refractivity contribution in [3.05, 3.63) is 16.0 Å². The summed E-state index contributed by atoms with van der Waals surface area (Å²) in [4.78, 5) is 1.50. The highest BCUT2D eigenvalue weighted by Crippen LogP contribution is 1.76. The van der Waals surface area contributed by atoms with Gasteiger partial charge in [-0.1, -0.05) is 26.7 Å². The first-order chi connectivity index (χ1) is 3.33. The minimum absolute atomic E-state index is 0. The molecule has 8 heavy (non-hydrogen) atoms. The summed E-state index contributed by atoms with van der Waals surface area (Å²) < 4.78 is 0. The van der Waals surface area contributed by atoms with Crippen LogP contribution in [0.3, 0.4) is 0 Å². The minimum Gasteiger partial charge on any atom is -0.373 e. The summed E-state index contributed by atoms with van der Waals surface area (Å²) in [5.41, 5.74) is 13.5. The summed E-state index contributed by atoms with van der Waals surface area (Å²) in [7, 11) is 0. The van der Waals surface area contributed by atoms with Crippen LogP contribution in [-0.2, 0) is 0 Å². The van der Waals surface area contributed by atoms with E-state index in [1.165, 1.54) is 17.8 Å². The van der Waals surface area contributed by atoms with Gasteiger partial charge in [-0.3, -0.25) is 4.91 Å². The predicted molar refractivity (Wildman–Crippen MR) is 40.6 cm³/mol. The van der Waals surface area contributed by atoms with E-state index in [-0.39, 0.29) is 17.4 Å². The average molecular weight is 130 g/mol. The molecule has 0 aliphatic carbocycles. The zero-order valence-electron chi connectivity index (χ0n) is 4.76. The van der Waals surface area contributed by atoms with Gasteiger partial charge in [0.1, 0.15) is 0 Å². The molecule has 0 aliphatic heterocycles. The van der Waals surface area contributed by atoms with E-state index in [0.29, 0.717) is 0 Å². The van der Waals surface area contributed by atoms with E-state index < -0.39 is 0 Å². The predicted octanol–water partition coefficient (Wildman–Crippen LogP) is 1.49. The summed E-state index contributed by atoms with van der Waals surface area (Å²) in [6, 6.07) is 0. The highest BCUT2D eigenvalue weighted by Gasteiger charge is 1.56. The first kappa shape index (κ1) is 15.7. The van der Waals surface area contributed by atoms with Gasteiger partial charge in [-0.05, 0) is 0 Å². The molecular weight excluding hydrogens is 117 g/mol. The first-order valence-electron chi connectivity index (χ1n) is 2.31. The Hall–Kier alpha value is -0.158. The lowest BCUT2D eigenvalue weighted by Crippen LogP contribution is -1.47. The van der Waals surface area contributed by atoms with Crippen molar-refractivity contribution < 1.29 is 0 Å². The quantitative estimate of drug-likeness (QED) is 0.223. The molecule has 0 aliphatic rings. The molecule has 0 N–H and O–H groups in total. The lowest BCUT2D eigenvalue weighted by Gasteiger charge is -1.68. The van der Waals surface area contributed by atoms with E-state index in [9.17, 15) is 0 Å². The van der Waals surface area contributed by atoms with Crippen molar-refractivity contribution in [3.63, 3.8) is 0 Å². The van der Waals surface area contributed by atoms with E-state index in [1.807, 2.05) is 0 Å². The summed E-state index contributed by atoms with van der Waals surface area (Å²) in [6.07, 6.45) is 2.64. The molecule has 0 unspecified atom stereocenters. The van der Waals surface area contributed by atoms with Gasteiger partial charge in [-0.2, -0.15) is 0 Å². The maximum Gasteiger partial charge on any atom is 0.187 e. The van der Waals surface area contributed by atoms with Crippen molar-refractivity contribution in [2.24, 2.45) is 0 Å². The van der Waals surface area contributed by atoms with Gasteiger partial charge >= 0.3 is 0 Å². The molecule has 0 aromatic heterocycles. The fraction of sp³-hybridized carbons (Fsp3) is 1.00. The molecule has 0 amide bonds. The number of nitrogens with zero attached hydrogens (tertiary/aromatic N) is 3. The van der Waals surface area contributed by atoms with Gasteiger partial charge in [0.05, 0.1) is 0 Å². The topological polar surface area (TPSA) is 58.7 Å². The van der Waals surface area contributed by atoms with Crippen LogP contribution in [-0.4, -0.2) is 17.4 Å². The molecule has 0 aromatic carbocycles. The number of unbranched alkanes of at least 4 members (excludes halogenated alkanes) is 1. The molecule has 0 saturated carbocycles. The third kappa shape index (κ3) is 193. The van der Waals surface area contributed by atoms with Crippen LogP contribution < -0.4 is 0 Å². The van der Waals surface area contributed by atoms with Crippen LogP contribution in [0.2, 0.25) is 0 Å². The van der Waals surface area contributed by atoms with Gasteiger partial charge in [-0.25, -0.2) is 0 Å². The third-order valence-electron chi connectivity index (χ3n) is 0.500. The highest BCUT2D eigenvalue weighted by molar-refractivity contribution is 5.75. The van der Waals surface area contributed by atoms with Crippen molar-refractivity contribution in [2.45, 2.75) is 26.7 Å².